The Morgan fingerprint density at radius 3 is 2.32 bits per heavy atom. The zero-order valence-corrected chi connectivity index (χ0v) is 13.8. The predicted molar refractivity (Wildman–Crippen MR) is 86.6 cm³/mol. The summed E-state index contributed by atoms with van der Waals surface area (Å²) < 4.78 is 32.2. The van der Waals surface area contributed by atoms with Crippen LogP contribution in [-0.2, 0) is 10.0 Å². The van der Waals surface area contributed by atoms with Crippen LogP contribution in [0.25, 0.3) is 0 Å². The average molecular weight is 323 g/mol. The van der Waals surface area contributed by atoms with E-state index in [0.717, 1.165) is 25.1 Å². The number of unbranched alkanes of at least 4 members (excludes halogenated alkanes) is 1. The highest BCUT2D eigenvalue weighted by Gasteiger charge is 2.24. The lowest BCUT2D eigenvalue weighted by molar-refractivity contribution is 0.390. The van der Waals surface area contributed by atoms with E-state index in [4.69, 9.17) is 4.52 Å². The van der Waals surface area contributed by atoms with Crippen molar-refractivity contribution < 1.29 is 12.9 Å². The van der Waals surface area contributed by atoms with E-state index in [1.54, 1.807) is 26.0 Å². The highest BCUT2D eigenvalue weighted by atomic mass is 32.2. The lowest BCUT2D eigenvalue weighted by Gasteiger charge is -2.09. The van der Waals surface area contributed by atoms with Gasteiger partial charge in [0.15, 0.2) is 10.7 Å². The van der Waals surface area contributed by atoms with Crippen LogP contribution in [0.3, 0.4) is 0 Å². The van der Waals surface area contributed by atoms with Crippen LogP contribution in [0.5, 0.6) is 0 Å². The molecule has 1 aromatic heterocycles. The monoisotopic (exact) mass is 323 g/mol. The first-order chi connectivity index (χ1) is 10.4. The van der Waals surface area contributed by atoms with Crippen molar-refractivity contribution in [2.24, 2.45) is 0 Å². The van der Waals surface area contributed by atoms with Crippen LogP contribution < -0.4 is 10.0 Å². The molecule has 1 aromatic carbocycles. The van der Waals surface area contributed by atoms with Crippen LogP contribution in [0, 0.1) is 13.8 Å². The van der Waals surface area contributed by atoms with Crippen molar-refractivity contribution in [2.75, 3.05) is 16.6 Å². The first-order valence-corrected chi connectivity index (χ1v) is 8.72. The van der Waals surface area contributed by atoms with Crippen molar-refractivity contribution in [3.05, 3.63) is 35.7 Å². The maximum Gasteiger partial charge on any atom is 0.267 e. The highest BCUT2D eigenvalue weighted by Crippen LogP contribution is 2.23. The molecule has 1 heterocycles. The van der Waals surface area contributed by atoms with Crippen LogP contribution in [0.4, 0.5) is 11.4 Å². The van der Waals surface area contributed by atoms with Crippen molar-refractivity contribution in [3.63, 3.8) is 0 Å². The Kier molecular flexibility index (Phi) is 5.07. The number of hydrogen-bond donors (Lipinski definition) is 2. The fourth-order valence-corrected chi connectivity index (χ4v) is 3.52. The number of nitrogens with one attached hydrogen (secondary N) is 2. The molecule has 0 aliphatic rings. The quantitative estimate of drug-likeness (QED) is 0.764. The van der Waals surface area contributed by atoms with Crippen molar-refractivity contribution in [3.8, 4) is 0 Å². The predicted octanol–water partition coefficient (Wildman–Crippen LogP) is 3.30. The summed E-state index contributed by atoms with van der Waals surface area (Å²) in [6.07, 6.45) is 2.22. The number of aryl methyl sites for hydroxylation is 2. The molecule has 0 amide bonds. The first kappa shape index (κ1) is 16.4. The summed E-state index contributed by atoms with van der Waals surface area (Å²) in [5.41, 5.74) is 1.82. The summed E-state index contributed by atoms with van der Waals surface area (Å²) >= 11 is 0. The third-order valence-corrected chi connectivity index (χ3v) is 4.86. The summed E-state index contributed by atoms with van der Waals surface area (Å²) in [7, 11) is -3.69. The van der Waals surface area contributed by atoms with Crippen molar-refractivity contribution in [1.29, 1.82) is 0 Å². The molecule has 0 unspecified atom stereocenters. The van der Waals surface area contributed by atoms with Gasteiger partial charge in [0.05, 0.1) is 0 Å². The third-order valence-electron chi connectivity index (χ3n) is 3.23. The van der Waals surface area contributed by atoms with Gasteiger partial charge in [-0.1, -0.05) is 18.5 Å². The summed E-state index contributed by atoms with van der Waals surface area (Å²) in [6.45, 7) is 6.22. The van der Waals surface area contributed by atoms with Gasteiger partial charge >= 0.3 is 0 Å². The standard InChI is InChI=1S/C15H21N3O3S/c1-4-5-10-16-13-6-8-14(9-7-13)18-22(19,20)15-11(2)17-21-12(15)3/h6-9,16,18H,4-5,10H2,1-3H3. The Bertz CT molecular complexity index is 701. The molecule has 0 aliphatic heterocycles. The zero-order valence-electron chi connectivity index (χ0n) is 13.0. The molecule has 0 aliphatic carbocycles. The molecule has 120 valence electrons. The fourth-order valence-electron chi connectivity index (χ4n) is 2.13. The molecule has 0 saturated heterocycles. The van der Waals surface area contributed by atoms with Crippen molar-refractivity contribution in [1.82, 2.24) is 5.16 Å². The zero-order chi connectivity index (χ0) is 16.2. The van der Waals surface area contributed by atoms with Crippen LogP contribution in [0.1, 0.15) is 31.2 Å². The summed E-state index contributed by atoms with van der Waals surface area (Å²) in [5, 5.41) is 6.95. The van der Waals surface area contributed by atoms with Crippen LogP contribution >= 0.6 is 0 Å². The minimum Gasteiger partial charge on any atom is -0.385 e. The normalized spacial score (nSPS) is 11.4. The van der Waals surface area contributed by atoms with E-state index in [1.807, 2.05) is 12.1 Å². The molecule has 22 heavy (non-hydrogen) atoms. The Labute approximate surface area is 131 Å². The number of anilines is 2. The van der Waals surface area contributed by atoms with Gasteiger partial charge in [0.25, 0.3) is 10.0 Å². The lowest BCUT2D eigenvalue weighted by atomic mass is 10.2. The SMILES string of the molecule is CCCCNc1ccc(NS(=O)(=O)c2c(C)noc2C)cc1. The summed E-state index contributed by atoms with van der Waals surface area (Å²) in [5.74, 6) is 0.280. The number of rotatable bonds is 7. The molecule has 2 aromatic rings. The molecule has 0 bridgehead atoms. The minimum absolute atomic E-state index is 0.0950. The molecule has 0 fully saturated rings. The van der Waals surface area contributed by atoms with Gasteiger partial charge in [0.2, 0.25) is 0 Å². The molecule has 0 atom stereocenters. The number of benzene rings is 1. The second kappa shape index (κ2) is 6.83. The van der Waals surface area contributed by atoms with Gasteiger partial charge in [-0.05, 0) is 44.5 Å². The summed E-state index contributed by atoms with van der Waals surface area (Å²) in [4.78, 5) is 0.0950. The van der Waals surface area contributed by atoms with E-state index in [-0.39, 0.29) is 10.7 Å². The van der Waals surface area contributed by atoms with E-state index in [9.17, 15) is 8.42 Å². The molecular formula is C15H21N3O3S. The van der Waals surface area contributed by atoms with Gasteiger partial charge in [-0.3, -0.25) is 4.72 Å². The van der Waals surface area contributed by atoms with Gasteiger partial charge in [-0.2, -0.15) is 0 Å². The van der Waals surface area contributed by atoms with E-state index in [2.05, 4.69) is 22.1 Å². The highest BCUT2D eigenvalue weighted by molar-refractivity contribution is 7.92. The number of aromatic nitrogens is 1. The maximum absolute atomic E-state index is 12.4. The van der Waals surface area contributed by atoms with E-state index in [0.29, 0.717) is 11.4 Å². The molecule has 2 N–H and O–H groups in total. The van der Waals surface area contributed by atoms with Gasteiger partial charge < -0.3 is 9.84 Å². The summed E-state index contributed by atoms with van der Waals surface area (Å²) in [6, 6.07) is 7.15. The molecule has 0 radical (unpaired) electrons. The van der Waals surface area contributed by atoms with Gasteiger partial charge in [-0.25, -0.2) is 8.42 Å². The van der Waals surface area contributed by atoms with Crippen LogP contribution in [0.2, 0.25) is 0 Å². The average Bonchev–Trinajstić information content (AvgIpc) is 2.81. The topological polar surface area (TPSA) is 84.2 Å². The molecular weight excluding hydrogens is 302 g/mol. The minimum atomic E-state index is -3.69. The second-order valence-electron chi connectivity index (χ2n) is 5.12. The Morgan fingerprint density at radius 1 is 1.14 bits per heavy atom. The molecule has 0 saturated carbocycles. The molecule has 7 heteroatoms. The first-order valence-electron chi connectivity index (χ1n) is 7.23. The molecule has 0 spiro atoms. The van der Waals surface area contributed by atoms with Crippen LogP contribution in [-0.4, -0.2) is 20.1 Å². The van der Waals surface area contributed by atoms with E-state index < -0.39 is 10.0 Å². The number of sulfonamides is 1. The fraction of sp³-hybridized carbons (Fsp3) is 0.400. The Balaban J connectivity index is 2.10. The maximum atomic E-state index is 12.4. The smallest absolute Gasteiger partial charge is 0.267 e. The second-order valence-corrected chi connectivity index (χ2v) is 6.74. The van der Waals surface area contributed by atoms with Gasteiger partial charge in [-0.15, -0.1) is 0 Å². The Hall–Kier alpha value is -2.02. The Morgan fingerprint density at radius 2 is 1.77 bits per heavy atom. The molecule has 2 rings (SSSR count). The largest absolute Gasteiger partial charge is 0.385 e. The van der Waals surface area contributed by atoms with Crippen molar-refractivity contribution >= 4 is 21.4 Å². The van der Waals surface area contributed by atoms with Crippen molar-refractivity contribution in [2.45, 2.75) is 38.5 Å². The van der Waals surface area contributed by atoms with E-state index in [1.165, 1.54) is 0 Å². The van der Waals surface area contributed by atoms with Gasteiger partial charge in [0.1, 0.15) is 5.69 Å². The molecule has 6 nitrogen and oxygen atoms in total. The number of nitrogens with zero attached hydrogens (tertiary/aromatic N) is 1. The van der Waals surface area contributed by atoms with Crippen LogP contribution in [0.15, 0.2) is 33.7 Å². The number of hydrogen-bond acceptors (Lipinski definition) is 5. The van der Waals surface area contributed by atoms with E-state index >= 15 is 0 Å². The third kappa shape index (κ3) is 3.79. The van der Waals surface area contributed by atoms with Gasteiger partial charge in [0, 0.05) is 17.9 Å². The lowest BCUT2D eigenvalue weighted by Crippen LogP contribution is -2.14.